The lowest BCUT2D eigenvalue weighted by Crippen LogP contribution is -1.95. The molecule has 0 fully saturated rings. The van der Waals surface area contributed by atoms with Crippen LogP contribution in [0.25, 0.3) is 11.1 Å². The molecule has 34 heavy (non-hydrogen) atoms. The molecule has 0 amide bonds. The zero-order valence-electron chi connectivity index (χ0n) is 22.0. The van der Waals surface area contributed by atoms with Crippen LogP contribution in [-0.4, -0.2) is 6.29 Å². The van der Waals surface area contributed by atoms with Gasteiger partial charge >= 0.3 is 0 Å². The van der Waals surface area contributed by atoms with Crippen molar-refractivity contribution in [1.82, 2.24) is 0 Å². The van der Waals surface area contributed by atoms with Gasteiger partial charge in [0.25, 0.3) is 0 Å². The zero-order chi connectivity index (χ0) is 24.1. The summed E-state index contributed by atoms with van der Waals surface area (Å²) in [4.78, 5) is 11.2. The van der Waals surface area contributed by atoms with E-state index in [4.69, 9.17) is 0 Å². The average molecular weight is 463 g/mol. The van der Waals surface area contributed by atoms with Crippen LogP contribution in [0.2, 0.25) is 0 Å². The first-order valence-electron chi connectivity index (χ1n) is 14.5. The highest BCUT2D eigenvalue weighted by atomic mass is 16.1. The van der Waals surface area contributed by atoms with E-state index < -0.39 is 0 Å². The molecule has 2 aromatic rings. The molecular formula is C33H50O. The summed E-state index contributed by atoms with van der Waals surface area (Å²) in [5.41, 5.74) is 4.92. The molecule has 2 rings (SSSR count). The Kier molecular flexibility index (Phi) is 16.2. The van der Waals surface area contributed by atoms with Crippen LogP contribution in [0, 0.1) is 0 Å². The first-order chi connectivity index (χ1) is 16.8. The monoisotopic (exact) mass is 462 g/mol. The second-order valence-corrected chi connectivity index (χ2v) is 10.1. The Morgan fingerprint density at radius 1 is 0.588 bits per heavy atom. The summed E-state index contributed by atoms with van der Waals surface area (Å²) in [5, 5.41) is 0. The topological polar surface area (TPSA) is 17.1 Å². The van der Waals surface area contributed by atoms with Crippen LogP contribution < -0.4 is 0 Å². The van der Waals surface area contributed by atoms with E-state index in [0.29, 0.717) is 6.42 Å². The minimum atomic E-state index is 0.497. The van der Waals surface area contributed by atoms with E-state index in [-0.39, 0.29) is 0 Å². The maximum absolute atomic E-state index is 11.2. The number of aryl methyl sites for hydroxylation is 1. The third-order valence-corrected chi connectivity index (χ3v) is 7.13. The molecule has 0 aliphatic rings. The highest BCUT2D eigenvalue weighted by Gasteiger charge is 2.06. The largest absolute Gasteiger partial charge is 0.303 e. The summed E-state index contributed by atoms with van der Waals surface area (Å²) < 4.78 is 0. The molecule has 2 aromatic carbocycles. The summed E-state index contributed by atoms with van der Waals surface area (Å²) in [7, 11) is 0. The van der Waals surface area contributed by atoms with Gasteiger partial charge in [-0.05, 0) is 35.1 Å². The van der Waals surface area contributed by atoms with Crippen molar-refractivity contribution in [3.63, 3.8) is 0 Å². The van der Waals surface area contributed by atoms with Gasteiger partial charge in [-0.2, -0.15) is 0 Å². The molecule has 0 bridgehead atoms. The summed E-state index contributed by atoms with van der Waals surface area (Å²) in [5.74, 6) is 0. The van der Waals surface area contributed by atoms with E-state index in [0.717, 1.165) is 18.3 Å². The normalized spacial score (nSPS) is 11.1. The fourth-order valence-corrected chi connectivity index (χ4v) is 5.01. The molecule has 0 unspecified atom stereocenters. The Hall–Kier alpha value is -1.89. The molecule has 188 valence electrons. The van der Waals surface area contributed by atoms with Crippen molar-refractivity contribution in [2.24, 2.45) is 0 Å². The minimum Gasteiger partial charge on any atom is -0.303 e. The predicted molar refractivity (Wildman–Crippen MR) is 150 cm³/mol. The molecule has 0 N–H and O–H groups in total. The lowest BCUT2D eigenvalue weighted by Gasteiger charge is -2.11. The van der Waals surface area contributed by atoms with Crippen LogP contribution in [-0.2, 0) is 17.6 Å². The number of unbranched alkanes of at least 4 members (excludes halogenated alkanes) is 16. The molecule has 0 aliphatic carbocycles. The number of rotatable bonds is 21. The number of aldehydes is 1. The highest BCUT2D eigenvalue weighted by molar-refractivity contribution is 5.71. The van der Waals surface area contributed by atoms with Crippen LogP contribution in [0.5, 0.6) is 0 Å². The lowest BCUT2D eigenvalue weighted by atomic mass is 9.94. The van der Waals surface area contributed by atoms with Crippen LogP contribution in [0.3, 0.4) is 0 Å². The summed E-state index contributed by atoms with van der Waals surface area (Å²) in [6.45, 7) is 2.29. The Bertz CT molecular complexity index is 748. The highest BCUT2D eigenvalue weighted by Crippen LogP contribution is 2.26. The van der Waals surface area contributed by atoms with Crippen molar-refractivity contribution in [2.45, 2.75) is 129 Å². The van der Waals surface area contributed by atoms with E-state index in [1.165, 1.54) is 126 Å². The van der Waals surface area contributed by atoms with Gasteiger partial charge in [0.05, 0.1) is 0 Å². The molecule has 0 aromatic heterocycles. The molecule has 0 spiro atoms. The maximum Gasteiger partial charge on any atom is 0.124 e. The fraction of sp³-hybridized carbons (Fsp3) is 0.606. The Balaban J connectivity index is 1.47. The first kappa shape index (κ1) is 28.3. The third-order valence-electron chi connectivity index (χ3n) is 7.13. The van der Waals surface area contributed by atoms with Crippen LogP contribution >= 0.6 is 0 Å². The molecule has 1 nitrogen and oxygen atoms in total. The molecule has 0 aliphatic heterocycles. The van der Waals surface area contributed by atoms with Crippen molar-refractivity contribution < 1.29 is 4.79 Å². The molecule has 0 radical (unpaired) electrons. The van der Waals surface area contributed by atoms with Gasteiger partial charge < -0.3 is 4.79 Å². The first-order valence-corrected chi connectivity index (χ1v) is 14.5. The van der Waals surface area contributed by atoms with Gasteiger partial charge in [0, 0.05) is 6.42 Å². The van der Waals surface area contributed by atoms with Gasteiger partial charge in [-0.3, -0.25) is 0 Å². The van der Waals surface area contributed by atoms with E-state index >= 15 is 0 Å². The lowest BCUT2D eigenvalue weighted by molar-refractivity contribution is -0.107. The number of carbonyl (C=O) groups excluding carboxylic acids is 1. The minimum absolute atomic E-state index is 0.497. The quantitative estimate of drug-likeness (QED) is 0.133. The smallest absolute Gasteiger partial charge is 0.124 e. The summed E-state index contributed by atoms with van der Waals surface area (Å²) in [6.07, 6.45) is 26.6. The molecule has 1 heteroatoms. The zero-order valence-corrected chi connectivity index (χ0v) is 22.0. The van der Waals surface area contributed by atoms with Gasteiger partial charge in [-0.1, -0.05) is 158 Å². The fourth-order valence-electron chi connectivity index (χ4n) is 5.01. The Morgan fingerprint density at radius 2 is 1.09 bits per heavy atom. The van der Waals surface area contributed by atoms with E-state index in [1.807, 2.05) is 6.07 Å². The van der Waals surface area contributed by atoms with E-state index in [1.54, 1.807) is 0 Å². The summed E-state index contributed by atoms with van der Waals surface area (Å²) >= 11 is 0. The number of benzene rings is 2. The second kappa shape index (κ2) is 19.4. The number of carbonyl (C=O) groups is 1. The van der Waals surface area contributed by atoms with Crippen molar-refractivity contribution in [3.05, 3.63) is 59.7 Å². The SMILES string of the molecule is CCCCCCCCCCCCCCCCCCCc1ccc(-c2ccccc2)c(CC=O)c1. The van der Waals surface area contributed by atoms with Gasteiger partial charge in [0.2, 0.25) is 0 Å². The number of hydrogen-bond donors (Lipinski definition) is 0. The van der Waals surface area contributed by atoms with Crippen molar-refractivity contribution in [1.29, 1.82) is 0 Å². The average Bonchev–Trinajstić information content (AvgIpc) is 2.87. The predicted octanol–water partition coefficient (Wildman–Crippen LogP) is 10.3. The maximum atomic E-state index is 11.2. The van der Waals surface area contributed by atoms with E-state index in [2.05, 4.69) is 49.4 Å². The Morgan fingerprint density at radius 3 is 1.59 bits per heavy atom. The standard InChI is InChI=1S/C33H50O/c1-2-3-4-5-6-7-8-9-10-11-12-13-14-15-16-17-19-22-30-25-26-33(32(29-30)27-28-34)31-23-20-18-21-24-31/h18,20-21,23-26,28-29H,2-17,19,22,27H2,1H3. The van der Waals surface area contributed by atoms with Gasteiger partial charge in [-0.15, -0.1) is 0 Å². The van der Waals surface area contributed by atoms with E-state index in [9.17, 15) is 4.79 Å². The molecule has 0 saturated carbocycles. The van der Waals surface area contributed by atoms with Crippen molar-refractivity contribution in [2.75, 3.05) is 0 Å². The van der Waals surface area contributed by atoms with Crippen LogP contribution in [0.4, 0.5) is 0 Å². The number of hydrogen-bond acceptors (Lipinski definition) is 1. The summed E-state index contributed by atoms with van der Waals surface area (Å²) in [6, 6.07) is 17.1. The van der Waals surface area contributed by atoms with Crippen LogP contribution in [0.15, 0.2) is 48.5 Å². The third kappa shape index (κ3) is 12.5. The molecular weight excluding hydrogens is 412 g/mol. The van der Waals surface area contributed by atoms with Gasteiger partial charge in [-0.25, -0.2) is 0 Å². The molecule has 0 heterocycles. The van der Waals surface area contributed by atoms with Gasteiger partial charge in [0.15, 0.2) is 0 Å². The van der Waals surface area contributed by atoms with Crippen molar-refractivity contribution in [3.8, 4) is 11.1 Å². The van der Waals surface area contributed by atoms with Crippen molar-refractivity contribution >= 4 is 6.29 Å². The Labute approximate surface area is 210 Å². The molecule has 0 saturated heterocycles. The molecule has 0 atom stereocenters. The van der Waals surface area contributed by atoms with Crippen LogP contribution in [0.1, 0.15) is 127 Å². The van der Waals surface area contributed by atoms with Gasteiger partial charge in [0.1, 0.15) is 6.29 Å². The second-order valence-electron chi connectivity index (χ2n) is 10.1.